The van der Waals surface area contributed by atoms with Gasteiger partial charge in [0.15, 0.2) is 0 Å². The van der Waals surface area contributed by atoms with E-state index in [0.717, 1.165) is 38.6 Å². The second-order valence-electron chi connectivity index (χ2n) is 9.59. The SMILES string of the molecule is CC(C)(C)OC1CCC(C(=O)N2CCC(C(=O)C(C)(C)C)C2)CC1. The van der Waals surface area contributed by atoms with E-state index in [4.69, 9.17) is 4.74 Å². The Hall–Kier alpha value is -0.900. The van der Waals surface area contributed by atoms with Crippen LogP contribution in [-0.2, 0) is 14.3 Å². The summed E-state index contributed by atoms with van der Waals surface area (Å²) in [6.07, 6.45) is 4.85. The summed E-state index contributed by atoms with van der Waals surface area (Å²) in [4.78, 5) is 27.2. The van der Waals surface area contributed by atoms with Crippen LogP contribution in [-0.4, -0.2) is 41.4 Å². The Morgan fingerprint density at radius 3 is 1.96 bits per heavy atom. The lowest BCUT2D eigenvalue weighted by Gasteiger charge is -2.34. The first-order valence-corrected chi connectivity index (χ1v) is 9.48. The van der Waals surface area contributed by atoms with E-state index in [9.17, 15) is 9.59 Å². The van der Waals surface area contributed by atoms with Gasteiger partial charge in [-0.05, 0) is 52.9 Å². The van der Waals surface area contributed by atoms with Gasteiger partial charge < -0.3 is 9.64 Å². The molecule has 0 aromatic rings. The molecule has 0 aromatic carbocycles. The minimum atomic E-state index is -0.313. The number of ketones is 1. The van der Waals surface area contributed by atoms with Crippen LogP contribution in [0.15, 0.2) is 0 Å². The van der Waals surface area contributed by atoms with Crippen LogP contribution < -0.4 is 0 Å². The first-order valence-electron chi connectivity index (χ1n) is 9.48. The van der Waals surface area contributed by atoms with E-state index in [1.54, 1.807) is 0 Å². The lowest BCUT2D eigenvalue weighted by atomic mass is 9.82. The van der Waals surface area contributed by atoms with Gasteiger partial charge in [0.1, 0.15) is 5.78 Å². The predicted molar refractivity (Wildman–Crippen MR) is 95.7 cm³/mol. The number of amides is 1. The molecule has 0 bridgehead atoms. The number of nitrogens with zero attached hydrogens (tertiary/aromatic N) is 1. The van der Waals surface area contributed by atoms with Crippen molar-refractivity contribution in [1.82, 2.24) is 4.90 Å². The number of Topliss-reactive ketones (excluding diaryl/α,β-unsaturated/α-hetero) is 1. The molecule has 1 atom stereocenters. The highest BCUT2D eigenvalue weighted by atomic mass is 16.5. The minimum absolute atomic E-state index is 0.0227. The zero-order chi connectivity index (χ0) is 18.1. The fourth-order valence-electron chi connectivity index (χ4n) is 3.97. The lowest BCUT2D eigenvalue weighted by molar-refractivity contribution is -0.138. The van der Waals surface area contributed by atoms with Gasteiger partial charge in [0, 0.05) is 30.3 Å². The molecule has 0 radical (unpaired) electrons. The molecule has 1 saturated heterocycles. The summed E-state index contributed by atoms with van der Waals surface area (Å²) in [6, 6.07) is 0. The minimum Gasteiger partial charge on any atom is -0.373 e. The van der Waals surface area contributed by atoms with Crippen molar-refractivity contribution in [2.24, 2.45) is 17.3 Å². The molecule has 0 spiro atoms. The van der Waals surface area contributed by atoms with E-state index < -0.39 is 0 Å². The number of hydrogen-bond acceptors (Lipinski definition) is 3. The second-order valence-corrected chi connectivity index (χ2v) is 9.59. The molecule has 1 unspecified atom stereocenters. The zero-order valence-electron chi connectivity index (χ0n) is 16.4. The highest BCUT2D eigenvalue weighted by molar-refractivity contribution is 5.88. The average Bonchev–Trinajstić information content (AvgIpc) is 2.93. The van der Waals surface area contributed by atoms with E-state index in [1.165, 1.54) is 0 Å². The molecule has 4 nitrogen and oxygen atoms in total. The molecule has 0 N–H and O–H groups in total. The smallest absolute Gasteiger partial charge is 0.225 e. The molecular formula is C20H35NO3. The van der Waals surface area contributed by atoms with E-state index in [0.29, 0.717) is 12.3 Å². The maximum absolute atomic E-state index is 12.8. The largest absolute Gasteiger partial charge is 0.373 e. The van der Waals surface area contributed by atoms with Crippen molar-refractivity contribution in [1.29, 1.82) is 0 Å². The quantitative estimate of drug-likeness (QED) is 0.786. The Morgan fingerprint density at radius 2 is 1.46 bits per heavy atom. The van der Waals surface area contributed by atoms with Crippen LogP contribution in [0.2, 0.25) is 0 Å². The van der Waals surface area contributed by atoms with Gasteiger partial charge in [-0.15, -0.1) is 0 Å². The van der Waals surface area contributed by atoms with Crippen LogP contribution in [0.1, 0.15) is 73.6 Å². The monoisotopic (exact) mass is 337 g/mol. The van der Waals surface area contributed by atoms with Crippen molar-refractivity contribution in [3.8, 4) is 0 Å². The normalized spacial score (nSPS) is 28.9. The van der Waals surface area contributed by atoms with Gasteiger partial charge in [-0.25, -0.2) is 0 Å². The topological polar surface area (TPSA) is 46.6 Å². The van der Waals surface area contributed by atoms with E-state index >= 15 is 0 Å². The van der Waals surface area contributed by atoms with Crippen molar-refractivity contribution in [3.63, 3.8) is 0 Å². The predicted octanol–water partition coefficient (Wildman–Crippen LogP) is 3.82. The molecule has 24 heavy (non-hydrogen) atoms. The molecule has 1 aliphatic carbocycles. The Balaban J connectivity index is 1.83. The number of carbonyl (C=O) groups is 2. The molecule has 4 heteroatoms. The van der Waals surface area contributed by atoms with Crippen molar-refractivity contribution >= 4 is 11.7 Å². The van der Waals surface area contributed by atoms with Crippen molar-refractivity contribution in [3.05, 3.63) is 0 Å². The third kappa shape index (κ3) is 5.05. The molecule has 1 heterocycles. The number of hydrogen-bond donors (Lipinski definition) is 0. The molecule has 1 amide bonds. The number of ether oxygens (including phenoxy) is 1. The van der Waals surface area contributed by atoms with Gasteiger partial charge in [0.2, 0.25) is 5.91 Å². The fourth-order valence-corrected chi connectivity index (χ4v) is 3.97. The van der Waals surface area contributed by atoms with E-state index in [2.05, 4.69) is 20.8 Å². The molecule has 1 saturated carbocycles. The van der Waals surface area contributed by atoms with E-state index in [-0.39, 0.29) is 34.9 Å². The summed E-state index contributed by atoms with van der Waals surface area (Å²) in [5, 5.41) is 0. The Morgan fingerprint density at radius 1 is 0.875 bits per heavy atom. The average molecular weight is 338 g/mol. The van der Waals surface area contributed by atoms with Crippen molar-refractivity contribution in [2.45, 2.75) is 85.4 Å². The molecule has 0 aromatic heterocycles. The summed E-state index contributed by atoms with van der Waals surface area (Å²) in [5.74, 6) is 0.691. The number of rotatable bonds is 3. The van der Waals surface area contributed by atoms with Gasteiger partial charge in [0.25, 0.3) is 0 Å². The summed E-state index contributed by atoms with van der Waals surface area (Å²) in [6.45, 7) is 13.5. The molecule has 2 fully saturated rings. The van der Waals surface area contributed by atoms with Gasteiger partial charge in [-0.1, -0.05) is 20.8 Å². The maximum atomic E-state index is 12.8. The van der Waals surface area contributed by atoms with Gasteiger partial charge in [-0.3, -0.25) is 9.59 Å². The van der Waals surface area contributed by atoms with Crippen molar-refractivity contribution in [2.75, 3.05) is 13.1 Å². The maximum Gasteiger partial charge on any atom is 0.225 e. The summed E-state index contributed by atoms with van der Waals surface area (Å²) in [5.41, 5.74) is -0.427. The van der Waals surface area contributed by atoms with Crippen LogP contribution in [0, 0.1) is 17.3 Å². The number of carbonyl (C=O) groups excluding carboxylic acids is 2. The van der Waals surface area contributed by atoms with Crippen LogP contribution in [0.25, 0.3) is 0 Å². The summed E-state index contributed by atoms with van der Waals surface area (Å²) < 4.78 is 6.05. The van der Waals surface area contributed by atoms with Crippen LogP contribution in [0.4, 0.5) is 0 Å². The van der Waals surface area contributed by atoms with Crippen LogP contribution in [0.3, 0.4) is 0 Å². The lowest BCUT2D eigenvalue weighted by Crippen LogP contribution is -2.39. The van der Waals surface area contributed by atoms with Gasteiger partial charge in [-0.2, -0.15) is 0 Å². The molecule has 138 valence electrons. The standard InChI is InChI=1S/C20H35NO3/c1-19(2,3)17(22)15-11-12-21(13-15)18(23)14-7-9-16(10-8-14)24-20(4,5)6/h14-16H,7-13H2,1-6H3. The number of likely N-dealkylation sites (tertiary alicyclic amines) is 1. The zero-order valence-corrected chi connectivity index (χ0v) is 16.4. The van der Waals surface area contributed by atoms with Crippen molar-refractivity contribution < 1.29 is 14.3 Å². The summed E-state index contributed by atoms with van der Waals surface area (Å²) in [7, 11) is 0. The first-order chi connectivity index (χ1) is 11.0. The highest BCUT2D eigenvalue weighted by Gasteiger charge is 2.38. The van der Waals surface area contributed by atoms with Gasteiger partial charge in [0.05, 0.1) is 11.7 Å². The Bertz CT molecular complexity index is 464. The Labute approximate surface area is 147 Å². The fraction of sp³-hybridized carbons (Fsp3) is 0.900. The third-order valence-corrected chi connectivity index (χ3v) is 5.15. The molecule has 2 rings (SSSR count). The molecular weight excluding hydrogens is 302 g/mol. The van der Waals surface area contributed by atoms with Crippen LogP contribution in [0.5, 0.6) is 0 Å². The van der Waals surface area contributed by atoms with Gasteiger partial charge >= 0.3 is 0 Å². The molecule has 2 aliphatic rings. The summed E-state index contributed by atoms with van der Waals surface area (Å²) >= 11 is 0. The highest BCUT2D eigenvalue weighted by Crippen LogP contribution is 2.33. The third-order valence-electron chi connectivity index (χ3n) is 5.15. The van der Waals surface area contributed by atoms with E-state index in [1.807, 2.05) is 25.7 Å². The second kappa shape index (κ2) is 7.15. The Kier molecular flexibility index (Phi) is 5.79. The first kappa shape index (κ1) is 19.4. The van der Waals surface area contributed by atoms with Crippen LogP contribution >= 0.6 is 0 Å². The molecule has 1 aliphatic heterocycles.